The number of hydrogen-bond donors (Lipinski definition) is 1. The van der Waals surface area contributed by atoms with Crippen LogP contribution in [0.25, 0.3) is 10.9 Å². The fourth-order valence-corrected chi connectivity index (χ4v) is 7.14. The van der Waals surface area contributed by atoms with E-state index < -0.39 is 17.3 Å². The van der Waals surface area contributed by atoms with E-state index in [-0.39, 0.29) is 24.1 Å². The molecule has 1 aliphatic carbocycles. The Bertz CT molecular complexity index is 1270. The lowest BCUT2D eigenvalue weighted by Gasteiger charge is -2.43. The summed E-state index contributed by atoms with van der Waals surface area (Å²) >= 11 is 0. The number of halogens is 3. The van der Waals surface area contributed by atoms with E-state index in [2.05, 4.69) is 4.98 Å². The molecule has 2 aromatic rings. The van der Waals surface area contributed by atoms with Crippen molar-refractivity contribution in [2.24, 2.45) is 5.41 Å². The quantitative estimate of drug-likeness (QED) is 0.599. The van der Waals surface area contributed by atoms with Crippen LogP contribution in [-0.2, 0) is 11.0 Å². The van der Waals surface area contributed by atoms with Gasteiger partial charge in [0, 0.05) is 62.9 Å². The highest BCUT2D eigenvalue weighted by Crippen LogP contribution is 2.43. The Labute approximate surface area is 231 Å². The standard InChI is InChI=1S/C29H36F3N5O3/c30-29(31,32)25-18-24(22-4-1-2-5-23(22)33-25)34-14-16-35(17-15-34)27(40)36-12-3-10-28(19-36)11-13-37(26(28)39)20-6-8-21(38)9-7-20/h1-2,4-5,18,20-21,38H,3,6-17,19H2/t20-,21-,28-/m1/s1. The third kappa shape index (κ3) is 4.97. The number of alkyl halides is 3. The number of aromatic nitrogens is 1. The Morgan fingerprint density at radius 3 is 2.40 bits per heavy atom. The highest BCUT2D eigenvalue weighted by molar-refractivity contribution is 5.92. The number of aliphatic hydroxyl groups is 1. The van der Waals surface area contributed by atoms with E-state index in [4.69, 9.17) is 0 Å². The summed E-state index contributed by atoms with van der Waals surface area (Å²) in [5.74, 6) is 0.154. The summed E-state index contributed by atoms with van der Waals surface area (Å²) in [6, 6.07) is 8.02. The number of likely N-dealkylation sites (tertiary alicyclic amines) is 2. The number of benzene rings is 1. The van der Waals surface area contributed by atoms with Gasteiger partial charge in [0.05, 0.1) is 17.0 Å². The van der Waals surface area contributed by atoms with Crippen LogP contribution < -0.4 is 4.90 Å². The number of fused-ring (bicyclic) bond motifs is 1. The summed E-state index contributed by atoms with van der Waals surface area (Å²) in [6.45, 7) is 3.34. The molecule has 3 aliphatic heterocycles. The number of carbonyl (C=O) groups excluding carboxylic acids is 2. The molecule has 1 aromatic carbocycles. The smallest absolute Gasteiger partial charge is 0.393 e. The Kier molecular flexibility index (Phi) is 7.04. The van der Waals surface area contributed by atoms with E-state index in [1.807, 2.05) is 14.7 Å². The SMILES string of the molecule is O=C(N1CCN(c2cc(C(F)(F)F)nc3ccccc23)CC1)N1CCC[C@@]2(CCN([C@H]3CC[C@H](O)CC3)C2=O)C1. The van der Waals surface area contributed by atoms with Crippen LogP contribution in [0.3, 0.4) is 0 Å². The third-order valence-electron chi connectivity index (χ3n) is 9.38. The van der Waals surface area contributed by atoms with Crippen LogP contribution in [-0.4, -0.2) is 94.7 Å². The molecule has 1 spiro atoms. The molecule has 4 aliphatic rings. The average Bonchev–Trinajstić information content (AvgIpc) is 3.26. The Morgan fingerprint density at radius 2 is 1.68 bits per heavy atom. The molecule has 1 N–H and O–H groups in total. The molecule has 8 nitrogen and oxygen atoms in total. The summed E-state index contributed by atoms with van der Waals surface area (Å²) in [7, 11) is 0. The van der Waals surface area contributed by atoms with E-state index in [1.54, 1.807) is 29.2 Å². The summed E-state index contributed by atoms with van der Waals surface area (Å²) in [5.41, 5.74) is -0.675. The van der Waals surface area contributed by atoms with Gasteiger partial charge in [0.1, 0.15) is 5.69 Å². The predicted molar refractivity (Wildman–Crippen MR) is 144 cm³/mol. The maximum atomic E-state index is 13.6. The summed E-state index contributed by atoms with van der Waals surface area (Å²) in [6.07, 6.45) is 0.598. The molecule has 1 aromatic heterocycles. The van der Waals surface area contributed by atoms with Crippen LogP contribution in [0.5, 0.6) is 0 Å². The molecule has 1 saturated carbocycles. The van der Waals surface area contributed by atoms with Crippen molar-refractivity contribution in [3.05, 3.63) is 36.0 Å². The van der Waals surface area contributed by atoms with Crippen LogP contribution in [0.15, 0.2) is 30.3 Å². The van der Waals surface area contributed by atoms with Crippen LogP contribution in [0, 0.1) is 5.41 Å². The highest BCUT2D eigenvalue weighted by Gasteiger charge is 2.51. The van der Waals surface area contributed by atoms with Gasteiger partial charge in [-0.3, -0.25) is 4.79 Å². The van der Waals surface area contributed by atoms with Crippen molar-refractivity contribution in [1.29, 1.82) is 0 Å². The largest absolute Gasteiger partial charge is 0.433 e. The van der Waals surface area contributed by atoms with Crippen molar-refractivity contribution >= 4 is 28.5 Å². The van der Waals surface area contributed by atoms with Crippen molar-refractivity contribution in [1.82, 2.24) is 19.7 Å². The van der Waals surface area contributed by atoms with Gasteiger partial charge in [0.2, 0.25) is 5.91 Å². The Hall–Kier alpha value is -3.08. The molecule has 11 heteroatoms. The van der Waals surface area contributed by atoms with Crippen LogP contribution >= 0.6 is 0 Å². The number of piperazine rings is 1. The van der Waals surface area contributed by atoms with Gasteiger partial charge in [-0.25, -0.2) is 9.78 Å². The molecular formula is C29H36F3N5O3. The maximum Gasteiger partial charge on any atom is 0.433 e. The lowest BCUT2D eigenvalue weighted by atomic mass is 9.78. The zero-order valence-corrected chi connectivity index (χ0v) is 22.6. The van der Waals surface area contributed by atoms with E-state index in [1.165, 1.54) is 0 Å². The van der Waals surface area contributed by atoms with Gasteiger partial charge >= 0.3 is 12.2 Å². The minimum absolute atomic E-state index is 0.0960. The molecule has 0 bridgehead atoms. The van der Waals surface area contributed by atoms with Crippen molar-refractivity contribution in [2.45, 2.75) is 63.3 Å². The first kappa shape index (κ1) is 27.1. The maximum absolute atomic E-state index is 13.6. The highest BCUT2D eigenvalue weighted by atomic mass is 19.4. The lowest BCUT2D eigenvalue weighted by Crippen LogP contribution is -2.57. The van der Waals surface area contributed by atoms with Gasteiger partial charge in [0.15, 0.2) is 0 Å². The molecule has 6 rings (SSSR count). The van der Waals surface area contributed by atoms with Crippen LogP contribution in [0.2, 0.25) is 0 Å². The normalized spacial score (nSPS) is 28.1. The fraction of sp³-hybridized carbons (Fsp3) is 0.621. The number of pyridine rings is 1. The van der Waals surface area contributed by atoms with Crippen molar-refractivity contribution < 1.29 is 27.9 Å². The summed E-state index contributed by atoms with van der Waals surface area (Å²) < 4.78 is 40.7. The van der Waals surface area contributed by atoms with E-state index in [9.17, 15) is 27.9 Å². The molecular weight excluding hydrogens is 523 g/mol. The average molecular weight is 560 g/mol. The van der Waals surface area contributed by atoms with Crippen molar-refractivity contribution in [3.8, 4) is 0 Å². The number of nitrogens with zero attached hydrogens (tertiary/aromatic N) is 5. The van der Waals surface area contributed by atoms with Gasteiger partial charge in [-0.15, -0.1) is 0 Å². The Balaban J connectivity index is 1.12. The lowest BCUT2D eigenvalue weighted by molar-refractivity contribution is -0.141. The first-order chi connectivity index (χ1) is 19.1. The minimum Gasteiger partial charge on any atom is -0.393 e. The molecule has 40 heavy (non-hydrogen) atoms. The topological polar surface area (TPSA) is 80.2 Å². The third-order valence-corrected chi connectivity index (χ3v) is 9.38. The van der Waals surface area contributed by atoms with Gasteiger partial charge in [-0.2, -0.15) is 13.2 Å². The molecule has 1 atom stereocenters. The number of hydrogen-bond acceptors (Lipinski definition) is 5. The summed E-state index contributed by atoms with van der Waals surface area (Å²) in [4.78, 5) is 38.5. The molecule has 216 valence electrons. The molecule has 3 amide bonds. The van der Waals surface area contributed by atoms with Crippen LogP contribution in [0.1, 0.15) is 50.6 Å². The first-order valence-corrected chi connectivity index (χ1v) is 14.4. The van der Waals surface area contributed by atoms with E-state index >= 15 is 0 Å². The molecule has 0 unspecified atom stereocenters. The van der Waals surface area contributed by atoms with Crippen molar-refractivity contribution in [2.75, 3.05) is 50.7 Å². The zero-order valence-electron chi connectivity index (χ0n) is 22.6. The minimum atomic E-state index is -4.55. The number of urea groups is 1. The van der Waals surface area contributed by atoms with E-state index in [0.29, 0.717) is 62.4 Å². The number of amides is 3. The van der Waals surface area contributed by atoms with E-state index in [0.717, 1.165) is 51.0 Å². The number of piperidine rings is 1. The monoisotopic (exact) mass is 559 g/mol. The second-order valence-corrected chi connectivity index (χ2v) is 11.8. The number of carbonyl (C=O) groups is 2. The second kappa shape index (κ2) is 10.4. The van der Waals surface area contributed by atoms with Gasteiger partial charge in [-0.05, 0) is 57.1 Å². The van der Waals surface area contributed by atoms with Gasteiger partial charge in [0.25, 0.3) is 0 Å². The van der Waals surface area contributed by atoms with Gasteiger partial charge < -0.3 is 24.7 Å². The number of para-hydroxylation sites is 1. The number of anilines is 1. The predicted octanol–water partition coefficient (Wildman–Crippen LogP) is 4.11. The Morgan fingerprint density at radius 1 is 0.950 bits per heavy atom. The number of aliphatic hydroxyl groups excluding tert-OH is 1. The molecule has 3 saturated heterocycles. The molecule has 0 radical (unpaired) electrons. The summed E-state index contributed by atoms with van der Waals surface area (Å²) in [5, 5.41) is 10.5. The fourth-order valence-electron chi connectivity index (χ4n) is 7.14. The second-order valence-electron chi connectivity index (χ2n) is 11.8. The van der Waals surface area contributed by atoms with Gasteiger partial charge in [-0.1, -0.05) is 18.2 Å². The number of rotatable bonds is 2. The zero-order chi connectivity index (χ0) is 28.1. The van der Waals surface area contributed by atoms with Crippen LogP contribution in [0.4, 0.5) is 23.7 Å². The van der Waals surface area contributed by atoms with Crippen molar-refractivity contribution in [3.63, 3.8) is 0 Å². The molecule has 4 heterocycles. The molecule has 4 fully saturated rings. The first-order valence-electron chi connectivity index (χ1n) is 14.4.